The van der Waals surface area contributed by atoms with Gasteiger partial charge in [-0.3, -0.25) is 0 Å². The van der Waals surface area contributed by atoms with Crippen molar-refractivity contribution in [2.75, 3.05) is 6.54 Å². The Morgan fingerprint density at radius 2 is 1.65 bits per heavy atom. The van der Waals surface area contributed by atoms with Crippen LogP contribution in [-0.4, -0.2) is 12.1 Å². The van der Waals surface area contributed by atoms with Crippen LogP contribution in [0.1, 0.15) is 45.2 Å². The van der Waals surface area contributed by atoms with Gasteiger partial charge in [0.25, 0.3) is 0 Å². The Kier molecular flexibility index (Phi) is 5.66. The summed E-state index contributed by atoms with van der Waals surface area (Å²) in [5.41, 5.74) is 2.50. The van der Waals surface area contributed by atoms with E-state index in [0.717, 1.165) is 13.1 Å². The predicted octanol–water partition coefficient (Wildman–Crippen LogP) is 3.50. The SMILES string of the molecule is CCCNCc1ccc(COC(C)(C)C)cc1. The van der Waals surface area contributed by atoms with E-state index in [1.165, 1.54) is 17.5 Å². The molecule has 1 rings (SSSR count). The van der Waals surface area contributed by atoms with Crippen LogP contribution in [0.2, 0.25) is 0 Å². The van der Waals surface area contributed by atoms with Crippen molar-refractivity contribution in [3.8, 4) is 0 Å². The number of ether oxygens (including phenoxy) is 1. The second kappa shape index (κ2) is 6.77. The van der Waals surface area contributed by atoms with Crippen molar-refractivity contribution in [2.45, 2.75) is 52.9 Å². The molecule has 1 aromatic carbocycles. The highest BCUT2D eigenvalue weighted by atomic mass is 16.5. The van der Waals surface area contributed by atoms with Crippen LogP contribution in [0.5, 0.6) is 0 Å². The van der Waals surface area contributed by atoms with Gasteiger partial charge in [-0.1, -0.05) is 31.2 Å². The van der Waals surface area contributed by atoms with Crippen LogP contribution in [0.15, 0.2) is 24.3 Å². The Bertz CT molecular complexity index is 311. The van der Waals surface area contributed by atoms with E-state index in [2.05, 4.69) is 57.3 Å². The van der Waals surface area contributed by atoms with Crippen molar-refractivity contribution >= 4 is 0 Å². The maximum atomic E-state index is 5.74. The fourth-order valence-corrected chi connectivity index (χ4v) is 1.46. The van der Waals surface area contributed by atoms with E-state index in [9.17, 15) is 0 Å². The first-order valence-corrected chi connectivity index (χ1v) is 6.44. The Balaban J connectivity index is 2.39. The Hall–Kier alpha value is -0.860. The normalized spacial score (nSPS) is 11.8. The minimum atomic E-state index is -0.0681. The first-order chi connectivity index (χ1) is 8.01. The quantitative estimate of drug-likeness (QED) is 0.762. The molecule has 0 saturated carbocycles. The highest BCUT2D eigenvalue weighted by molar-refractivity contribution is 5.21. The van der Waals surface area contributed by atoms with Gasteiger partial charge in [0.15, 0.2) is 0 Å². The van der Waals surface area contributed by atoms with Crippen molar-refractivity contribution in [3.05, 3.63) is 35.4 Å². The molecule has 0 unspecified atom stereocenters. The van der Waals surface area contributed by atoms with Crippen molar-refractivity contribution in [1.82, 2.24) is 5.32 Å². The fraction of sp³-hybridized carbons (Fsp3) is 0.600. The van der Waals surface area contributed by atoms with Crippen molar-refractivity contribution in [3.63, 3.8) is 0 Å². The molecule has 0 fully saturated rings. The van der Waals surface area contributed by atoms with Gasteiger partial charge in [-0.2, -0.15) is 0 Å². The van der Waals surface area contributed by atoms with Gasteiger partial charge in [0.2, 0.25) is 0 Å². The average molecular weight is 235 g/mol. The van der Waals surface area contributed by atoms with Gasteiger partial charge in [0.1, 0.15) is 0 Å². The molecule has 0 saturated heterocycles. The van der Waals surface area contributed by atoms with E-state index >= 15 is 0 Å². The summed E-state index contributed by atoms with van der Waals surface area (Å²) < 4.78 is 5.74. The molecule has 0 atom stereocenters. The maximum Gasteiger partial charge on any atom is 0.0724 e. The molecule has 1 N–H and O–H groups in total. The zero-order chi connectivity index (χ0) is 12.7. The molecule has 0 radical (unpaired) electrons. The van der Waals surface area contributed by atoms with E-state index in [1.54, 1.807) is 0 Å². The molecule has 96 valence electrons. The van der Waals surface area contributed by atoms with E-state index in [-0.39, 0.29) is 5.60 Å². The van der Waals surface area contributed by atoms with Gasteiger partial charge < -0.3 is 10.1 Å². The molecule has 2 heteroatoms. The van der Waals surface area contributed by atoms with E-state index in [4.69, 9.17) is 4.74 Å². The number of hydrogen-bond acceptors (Lipinski definition) is 2. The van der Waals surface area contributed by atoms with Gasteiger partial charge in [0, 0.05) is 6.54 Å². The van der Waals surface area contributed by atoms with Gasteiger partial charge in [-0.05, 0) is 44.9 Å². The highest BCUT2D eigenvalue weighted by Crippen LogP contribution is 2.12. The Labute approximate surface area is 105 Å². The molecular formula is C15H25NO. The van der Waals surface area contributed by atoms with Gasteiger partial charge in [-0.15, -0.1) is 0 Å². The van der Waals surface area contributed by atoms with Crippen molar-refractivity contribution in [1.29, 1.82) is 0 Å². The van der Waals surface area contributed by atoms with E-state index < -0.39 is 0 Å². The van der Waals surface area contributed by atoms with Crippen LogP contribution in [0.3, 0.4) is 0 Å². The van der Waals surface area contributed by atoms with Crippen LogP contribution < -0.4 is 5.32 Å². The smallest absolute Gasteiger partial charge is 0.0724 e. The monoisotopic (exact) mass is 235 g/mol. The molecule has 1 aromatic rings. The average Bonchev–Trinajstić information content (AvgIpc) is 2.27. The predicted molar refractivity (Wildman–Crippen MR) is 73.0 cm³/mol. The molecule has 0 spiro atoms. The third kappa shape index (κ3) is 6.44. The molecular weight excluding hydrogens is 210 g/mol. The molecule has 0 amide bonds. The number of hydrogen-bond donors (Lipinski definition) is 1. The molecule has 0 aliphatic carbocycles. The van der Waals surface area contributed by atoms with E-state index in [1.807, 2.05) is 0 Å². The Morgan fingerprint density at radius 1 is 1.06 bits per heavy atom. The lowest BCUT2D eigenvalue weighted by molar-refractivity contribution is -0.0149. The lowest BCUT2D eigenvalue weighted by Gasteiger charge is -2.19. The van der Waals surface area contributed by atoms with E-state index in [0.29, 0.717) is 6.61 Å². The summed E-state index contributed by atoms with van der Waals surface area (Å²) >= 11 is 0. The lowest BCUT2D eigenvalue weighted by atomic mass is 10.1. The minimum Gasteiger partial charge on any atom is -0.371 e. The summed E-state index contributed by atoms with van der Waals surface area (Å²) in [5.74, 6) is 0. The van der Waals surface area contributed by atoms with Crippen LogP contribution in [0, 0.1) is 0 Å². The van der Waals surface area contributed by atoms with Crippen LogP contribution >= 0.6 is 0 Å². The first-order valence-electron chi connectivity index (χ1n) is 6.44. The number of nitrogens with one attached hydrogen (secondary N) is 1. The number of benzene rings is 1. The zero-order valence-corrected chi connectivity index (χ0v) is 11.5. The molecule has 2 nitrogen and oxygen atoms in total. The molecule has 0 heterocycles. The van der Waals surface area contributed by atoms with Crippen LogP contribution in [0.4, 0.5) is 0 Å². The molecule has 0 aliphatic heterocycles. The highest BCUT2D eigenvalue weighted by Gasteiger charge is 2.09. The first kappa shape index (κ1) is 14.2. The second-order valence-corrected chi connectivity index (χ2v) is 5.39. The van der Waals surface area contributed by atoms with Crippen molar-refractivity contribution < 1.29 is 4.74 Å². The van der Waals surface area contributed by atoms with Gasteiger partial charge in [0.05, 0.1) is 12.2 Å². The topological polar surface area (TPSA) is 21.3 Å². The third-order valence-corrected chi connectivity index (χ3v) is 2.45. The molecule has 17 heavy (non-hydrogen) atoms. The summed E-state index contributed by atoms with van der Waals surface area (Å²) in [6.07, 6.45) is 1.18. The third-order valence-electron chi connectivity index (χ3n) is 2.45. The summed E-state index contributed by atoms with van der Waals surface area (Å²) in [6.45, 7) is 11.1. The summed E-state index contributed by atoms with van der Waals surface area (Å²) in [4.78, 5) is 0. The summed E-state index contributed by atoms with van der Waals surface area (Å²) in [7, 11) is 0. The number of rotatable bonds is 6. The largest absolute Gasteiger partial charge is 0.371 e. The van der Waals surface area contributed by atoms with Crippen LogP contribution in [-0.2, 0) is 17.9 Å². The fourth-order valence-electron chi connectivity index (χ4n) is 1.46. The molecule has 0 aromatic heterocycles. The molecule has 0 bridgehead atoms. The second-order valence-electron chi connectivity index (χ2n) is 5.39. The van der Waals surface area contributed by atoms with Crippen molar-refractivity contribution in [2.24, 2.45) is 0 Å². The zero-order valence-electron chi connectivity index (χ0n) is 11.5. The standard InChI is InChI=1S/C15H25NO/c1-5-10-16-11-13-6-8-14(9-7-13)12-17-15(2,3)4/h6-9,16H,5,10-12H2,1-4H3. The maximum absolute atomic E-state index is 5.74. The van der Waals surface area contributed by atoms with Gasteiger partial charge in [-0.25, -0.2) is 0 Å². The van der Waals surface area contributed by atoms with Crippen LogP contribution in [0.25, 0.3) is 0 Å². The molecule has 0 aliphatic rings. The summed E-state index contributed by atoms with van der Waals surface area (Å²) in [6, 6.07) is 8.64. The lowest BCUT2D eigenvalue weighted by Crippen LogP contribution is -2.18. The van der Waals surface area contributed by atoms with Gasteiger partial charge >= 0.3 is 0 Å². The minimum absolute atomic E-state index is 0.0681. The Morgan fingerprint density at radius 3 is 2.18 bits per heavy atom. The summed E-state index contributed by atoms with van der Waals surface area (Å²) in [5, 5.41) is 3.40.